The van der Waals surface area contributed by atoms with Crippen LogP contribution >= 0.6 is 12.4 Å². The number of nitrogens with zero attached hydrogens (tertiary/aromatic N) is 1. The first kappa shape index (κ1) is 18.0. The van der Waals surface area contributed by atoms with Crippen molar-refractivity contribution >= 4 is 12.4 Å². The Kier molecular flexibility index (Phi) is 3.80. The smallest absolute Gasteiger partial charge is 0.116 e. The third-order valence-corrected chi connectivity index (χ3v) is 10.1. The molecule has 0 radical (unpaired) electrons. The largest absolute Gasteiger partial charge is 0.388 e. The van der Waals surface area contributed by atoms with Gasteiger partial charge in [-0.05, 0) is 73.7 Å². The standard InChI is InChI=1S/C22H33NO2.ClH/c1-14-15-4-8-21(18(14)24)9-5-16-20(2)6-3-7-22(16,17(21)12-15)13-23-10-11-25-19(20)23;/h15-19,24H,1,3-13H2,2H3;1H/t15-,16?,17?,18?,19?,20+,21-,22-;/m0./s1. The molecule has 7 aliphatic rings. The molecular formula is C22H34ClNO2. The summed E-state index contributed by atoms with van der Waals surface area (Å²) in [4.78, 5) is 2.69. The Labute approximate surface area is 163 Å². The number of hydrogen-bond acceptors (Lipinski definition) is 3. The van der Waals surface area contributed by atoms with Gasteiger partial charge in [-0.1, -0.05) is 19.9 Å². The van der Waals surface area contributed by atoms with Gasteiger partial charge in [-0.3, -0.25) is 4.90 Å². The number of halogens is 1. The summed E-state index contributed by atoms with van der Waals surface area (Å²) in [6.45, 7) is 10.1. The van der Waals surface area contributed by atoms with Crippen molar-refractivity contribution in [3.63, 3.8) is 0 Å². The third-order valence-electron chi connectivity index (χ3n) is 10.1. The summed E-state index contributed by atoms with van der Waals surface area (Å²) < 4.78 is 6.29. The second-order valence-corrected chi connectivity index (χ2v) is 10.6. The van der Waals surface area contributed by atoms with Crippen LogP contribution in [0.25, 0.3) is 0 Å². The minimum Gasteiger partial charge on any atom is -0.388 e. The van der Waals surface area contributed by atoms with Crippen molar-refractivity contribution in [3.05, 3.63) is 12.2 Å². The van der Waals surface area contributed by atoms with Crippen LogP contribution in [0.4, 0.5) is 0 Å². The number of aliphatic hydroxyl groups excluding tert-OH is 1. The summed E-state index contributed by atoms with van der Waals surface area (Å²) in [5, 5.41) is 11.3. The Morgan fingerprint density at radius 1 is 1.12 bits per heavy atom. The van der Waals surface area contributed by atoms with E-state index in [0.717, 1.165) is 19.1 Å². The Bertz CT molecular complexity index is 640. The molecule has 0 aromatic rings. The van der Waals surface area contributed by atoms with Gasteiger partial charge >= 0.3 is 0 Å². The second kappa shape index (κ2) is 5.49. The van der Waals surface area contributed by atoms with Gasteiger partial charge in [-0.25, -0.2) is 0 Å². The van der Waals surface area contributed by atoms with Crippen LogP contribution in [0.15, 0.2) is 12.2 Å². The topological polar surface area (TPSA) is 32.7 Å². The second-order valence-electron chi connectivity index (χ2n) is 10.6. The SMILES string of the molecule is C=C1C(O)[C@@]23CCC4[C@@]5(C)CCC[C@@]4(CN4CCOC45)C2C[C@@H]1CC3.Cl. The van der Waals surface area contributed by atoms with Gasteiger partial charge in [0.1, 0.15) is 6.23 Å². The van der Waals surface area contributed by atoms with Gasteiger partial charge in [0.15, 0.2) is 0 Å². The van der Waals surface area contributed by atoms with Crippen LogP contribution in [0.2, 0.25) is 0 Å². The van der Waals surface area contributed by atoms with E-state index in [1.54, 1.807) is 0 Å². The van der Waals surface area contributed by atoms with Crippen LogP contribution in [-0.2, 0) is 4.74 Å². The van der Waals surface area contributed by atoms with Crippen LogP contribution in [0.1, 0.15) is 58.3 Å². The maximum atomic E-state index is 11.3. The van der Waals surface area contributed by atoms with Gasteiger partial charge in [0, 0.05) is 23.9 Å². The number of hydrogen-bond donors (Lipinski definition) is 1. The zero-order valence-corrected chi connectivity index (χ0v) is 16.9. The molecule has 5 saturated carbocycles. The summed E-state index contributed by atoms with van der Waals surface area (Å²) in [5.74, 6) is 2.08. The number of aliphatic hydroxyl groups is 1. The molecule has 4 unspecified atom stereocenters. The predicted molar refractivity (Wildman–Crippen MR) is 104 cm³/mol. The minimum absolute atomic E-state index is 0. The van der Waals surface area contributed by atoms with Crippen LogP contribution in [0, 0.1) is 34.0 Å². The number of rotatable bonds is 0. The van der Waals surface area contributed by atoms with E-state index in [4.69, 9.17) is 4.74 Å². The van der Waals surface area contributed by atoms with Crippen molar-refractivity contribution in [1.29, 1.82) is 0 Å². The molecule has 7 rings (SSSR count). The molecule has 2 aliphatic heterocycles. The fourth-order valence-electron chi connectivity index (χ4n) is 9.25. The van der Waals surface area contributed by atoms with Crippen LogP contribution < -0.4 is 0 Å². The highest BCUT2D eigenvalue weighted by Crippen LogP contribution is 2.74. The summed E-state index contributed by atoms with van der Waals surface area (Å²) in [7, 11) is 0. The Morgan fingerprint density at radius 2 is 1.92 bits per heavy atom. The van der Waals surface area contributed by atoms with Gasteiger partial charge in [0.2, 0.25) is 0 Å². The first-order chi connectivity index (χ1) is 12.0. The Balaban J connectivity index is 0.00000150. The molecule has 26 heavy (non-hydrogen) atoms. The summed E-state index contributed by atoms with van der Waals surface area (Å²) in [6.07, 6.45) is 10.6. The van der Waals surface area contributed by atoms with E-state index in [0.29, 0.717) is 28.9 Å². The third kappa shape index (κ3) is 1.83. The highest BCUT2D eigenvalue weighted by molar-refractivity contribution is 5.85. The van der Waals surface area contributed by atoms with Crippen LogP contribution in [0.5, 0.6) is 0 Å². The highest BCUT2D eigenvalue weighted by atomic mass is 35.5. The van der Waals surface area contributed by atoms with Crippen molar-refractivity contribution in [2.24, 2.45) is 34.0 Å². The van der Waals surface area contributed by atoms with Gasteiger partial charge in [0.25, 0.3) is 0 Å². The van der Waals surface area contributed by atoms with E-state index in [1.165, 1.54) is 63.5 Å². The molecule has 0 aromatic heterocycles. The van der Waals surface area contributed by atoms with Gasteiger partial charge in [-0.15, -0.1) is 12.4 Å². The molecule has 1 N–H and O–H groups in total. The van der Waals surface area contributed by atoms with E-state index in [1.807, 2.05) is 0 Å². The average molecular weight is 380 g/mol. The van der Waals surface area contributed by atoms with Gasteiger partial charge < -0.3 is 9.84 Å². The lowest BCUT2D eigenvalue weighted by molar-refractivity contribution is -0.273. The zero-order valence-electron chi connectivity index (χ0n) is 16.1. The summed E-state index contributed by atoms with van der Waals surface area (Å²) in [5.41, 5.74) is 2.07. The molecular weight excluding hydrogens is 346 g/mol. The van der Waals surface area contributed by atoms with Gasteiger partial charge in [-0.2, -0.15) is 0 Å². The highest BCUT2D eigenvalue weighted by Gasteiger charge is 2.71. The molecule has 5 aliphatic carbocycles. The van der Waals surface area contributed by atoms with Crippen LogP contribution in [0.3, 0.4) is 0 Å². The van der Waals surface area contributed by atoms with Crippen molar-refractivity contribution in [2.45, 2.75) is 70.6 Å². The molecule has 4 heteroatoms. The lowest BCUT2D eigenvalue weighted by Crippen LogP contribution is -2.72. The van der Waals surface area contributed by atoms with E-state index in [9.17, 15) is 5.11 Å². The molecule has 3 nitrogen and oxygen atoms in total. The number of fused-ring (bicyclic) bond motifs is 4. The van der Waals surface area contributed by atoms with Crippen molar-refractivity contribution < 1.29 is 9.84 Å². The Morgan fingerprint density at radius 3 is 2.77 bits per heavy atom. The molecule has 0 aromatic carbocycles. The molecule has 4 bridgehead atoms. The molecule has 2 saturated heterocycles. The zero-order chi connectivity index (χ0) is 17.0. The molecule has 1 spiro atoms. The fraction of sp³-hybridized carbons (Fsp3) is 0.909. The lowest BCUT2D eigenvalue weighted by atomic mass is 9.34. The maximum absolute atomic E-state index is 11.3. The Hall–Kier alpha value is -0.0900. The van der Waals surface area contributed by atoms with Gasteiger partial charge in [0.05, 0.1) is 12.7 Å². The van der Waals surface area contributed by atoms with E-state index in [-0.39, 0.29) is 23.9 Å². The first-order valence-corrected chi connectivity index (χ1v) is 10.7. The average Bonchev–Trinajstić information content (AvgIpc) is 3.07. The quantitative estimate of drug-likeness (QED) is 0.646. The molecule has 146 valence electrons. The number of ether oxygens (including phenoxy) is 1. The maximum Gasteiger partial charge on any atom is 0.116 e. The summed E-state index contributed by atoms with van der Waals surface area (Å²) >= 11 is 0. The van der Waals surface area contributed by atoms with Crippen LogP contribution in [-0.4, -0.2) is 42.0 Å². The normalized spacial score (nSPS) is 57.8. The fourth-order valence-corrected chi connectivity index (χ4v) is 9.25. The number of piperidine rings is 1. The van der Waals surface area contributed by atoms with E-state index in [2.05, 4.69) is 18.4 Å². The monoisotopic (exact) mass is 379 g/mol. The molecule has 7 fully saturated rings. The van der Waals surface area contributed by atoms with Crippen molar-refractivity contribution in [3.8, 4) is 0 Å². The molecule has 2 heterocycles. The lowest BCUT2D eigenvalue weighted by Gasteiger charge is -2.73. The van der Waals surface area contributed by atoms with E-state index < -0.39 is 0 Å². The molecule has 8 atom stereocenters. The minimum atomic E-state index is -0.235. The van der Waals surface area contributed by atoms with Crippen molar-refractivity contribution in [1.82, 2.24) is 4.90 Å². The first-order valence-electron chi connectivity index (χ1n) is 10.7. The predicted octanol–water partition coefficient (Wildman–Crippen LogP) is 4.00. The molecule has 0 amide bonds. The van der Waals surface area contributed by atoms with Crippen molar-refractivity contribution in [2.75, 3.05) is 19.7 Å². The summed E-state index contributed by atoms with van der Waals surface area (Å²) in [6, 6.07) is 0. The van der Waals surface area contributed by atoms with E-state index >= 15 is 0 Å².